The van der Waals surface area contributed by atoms with Gasteiger partial charge in [0.15, 0.2) is 12.4 Å². The van der Waals surface area contributed by atoms with E-state index in [9.17, 15) is 28.9 Å². The Labute approximate surface area is 164 Å². The second kappa shape index (κ2) is 9.44. The fourth-order valence-corrected chi connectivity index (χ4v) is 2.29. The second-order valence-electron chi connectivity index (χ2n) is 6.25. The smallest absolute Gasteiger partial charge is 0.329 e. The van der Waals surface area contributed by atoms with Crippen LogP contribution >= 0.6 is 0 Å². The van der Waals surface area contributed by atoms with Crippen LogP contribution in [0.1, 0.15) is 24.4 Å². The summed E-state index contributed by atoms with van der Waals surface area (Å²) in [6.07, 6.45) is 1.30. The number of benzene rings is 1. The maximum atomic E-state index is 13.1. The molecule has 0 bridgehead atoms. The molecule has 2 aromatic rings. The molecule has 1 aromatic carbocycles. The zero-order chi connectivity index (χ0) is 21.6. The number of nitro groups is 1. The van der Waals surface area contributed by atoms with Crippen LogP contribution in [0.15, 0.2) is 41.0 Å². The maximum absolute atomic E-state index is 13.1. The van der Waals surface area contributed by atoms with Crippen molar-refractivity contribution < 1.29 is 32.9 Å². The molecule has 10 nitrogen and oxygen atoms in total. The summed E-state index contributed by atoms with van der Waals surface area (Å²) < 4.78 is 23.0. The maximum Gasteiger partial charge on any atom is 0.329 e. The van der Waals surface area contributed by atoms with Crippen molar-refractivity contribution in [3.05, 3.63) is 58.3 Å². The van der Waals surface area contributed by atoms with E-state index >= 15 is 0 Å². The lowest BCUT2D eigenvalue weighted by molar-refractivity contribution is -0.384. The normalized spacial score (nSPS) is 11.6. The lowest BCUT2D eigenvalue weighted by Crippen LogP contribution is -2.45. The minimum atomic E-state index is -1.06. The fraction of sp³-hybridized carbons (Fsp3) is 0.278. The highest BCUT2D eigenvalue weighted by Gasteiger charge is 2.28. The molecule has 2 N–H and O–H groups in total. The molecule has 2 rings (SSSR count). The molecule has 0 aliphatic carbocycles. The Morgan fingerprint density at radius 3 is 2.59 bits per heavy atom. The first kappa shape index (κ1) is 21.5. The van der Waals surface area contributed by atoms with Gasteiger partial charge in [-0.15, -0.1) is 0 Å². The van der Waals surface area contributed by atoms with Gasteiger partial charge in [0.05, 0.1) is 17.3 Å². The molecule has 1 aromatic heterocycles. The Hall–Kier alpha value is -3.76. The number of amides is 2. The summed E-state index contributed by atoms with van der Waals surface area (Å²) in [5.74, 6) is -3.56. The highest BCUT2D eigenvalue weighted by molar-refractivity contribution is 5.96. The van der Waals surface area contributed by atoms with Crippen LogP contribution in [-0.2, 0) is 14.3 Å². The monoisotopic (exact) mass is 407 g/mol. The zero-order valence-electron chi connectivity index (χ0n) is 15.5. The number of rotatable bonds is 8. The van der Waals surface area contributed by atoms with Gasteiger partial charge in [0, 0.05) is 0 Å². The molecule has 0 saturated heterocycles. The largest absolute Gasteiger partial charge is 0.459 e. The van der Waals surface area contributed by atoms with Crippen molar-refractivity contribution in [3.8, 4) is 0 Å². The number of hydrogen-bond donors (Lipinski definition) is 2. The molecular formula is C18H18FN3O7. The first-order valence-electron chi connectivity index (χ1n) is 8.44. The average molecular weight is 407 g/mol. The lowest BCUT2D eigenvalue weighted by atomic mass is 10.0. The highest BCUT2D eigenvalue weighted by atomic mass is 19.1. The van der Waals surface area contributed by atoms with E-state index in [2.05, 4.69) is 10.6 Å². The van der Waals surface area contributed by atoms with E-state index in [0.717, 1.165) is 12.1 Å². The van der Waals surface area contributed by atoms with Gasteiger partial charge in [-0.1, -0.05) is 13.8 Å². The Balaban J connectivity index is 1.96. The Morgan fingerprint density at radius 1 is 1.28 bits per heavy atom. The van der Waals surface area contributed by atoms with E-state index in [1.807, 2.05) is 0 Å². The van der Waals surface area contributed by atoms with Gasteiger partial charge in [0.2, 0.25) is 0 Å². The number of nitrogens with one attached hydrogen (secondary N) is 2. The zero-order valence-corrected chi connectivity index (χ0v) is 15.5. The number of hydrogen-bond acceptors (Lipinski definition) is 7. The minimum absolute atomic E-state index is 0.00446. The Bertz CT molecular complexity index is 912. The molecule has 0 aliphatic heterocycles. The second-order valence-corrected chi connectivity index (χ2v) is 6.25. The molecule has 0 spiro atoms. The van der Waals surface area contributed by atoms with E-state index in [1.165, 1.54) is 18.4 Å². The van der Waals surface area contributed by atoms with Crippen molar-refractivity contribution in [2.45, 2.75) is 19.9 Å². The number of furan rings is 1. The topological polar surface area (TPSA) is 141 Å². The molecule has 2 amide bonds. The van der Waals surface area contributed by atoms with Gasteiger partial charge in [0.1, 0.15) is 17.5 Å². The number of carbonyl (C=O) groups excluding carboxylic acids is 3. The summed E-state index contributed by atoms with van der Waals surface area (Å²) in [4.78, 5) is 46.4. The number of carbonyl (C=O) groups is 3. The predicted octanol–water partition coefficient (Wildman–Crippen LogP) is 2.26. The standard InChI is InChI=1S/C18H18FN3O7/c1-10(2)16(21-17(24)14-4-3-7-28-14)18(25)29-9-15(23)20-12-6-5-11(19)8-13(12)22(26)27/h3-8,10,16H,9H2,1-2H3,(H,20,23)(H,21,24)/t16-/m1/s1. The number of nitro benzene ring substituents is 1. The van der Waals surface area contributed by atoms with Gasteiger partial charge < -0.3 is 19.8 Å². The third kappa shape index (κ3) is 5.86. The Morgan fingerprint density at radius 2 is 2.00 bits per heavy atom. The van der Waals surface area contributed by atoms with E-state index in [-0.39, 0.29) is 17.4 Å². The van der Waals surface area contributed by atoms with Gasteiger partial charge in [-0.3, -0.25) is 19.7 Å². The van der Waals surface area contributed by atoms with Gasteiger partial charge in [0.25, 0.3) is 17.5 Å². The molecule has 0 unspecified atom stereocenters. The van der Waals surface area contributed by atoms with Crippen LogP contribution in [0.2, 0.25) is 0 Å². The number of esters is 1. The van der Waals surface area contributed by atoms with Crippen molar-refractivity contribution in [2.75, 3.05) is 11.9 Å². The first-order valence-corrected chi connectivity index (χ1v) is 8.44. The van der Waals surface area contributed by atoms with Crippen LogP contribution in [0.5, 0.6) is 0 Å². The van der Waals surface area contributed by atoms with Crippen molar-refractivity contribution in [1.29, 1.82) is 0 Å². The Kier molecular flexibility index (Phi) is 7.01. The average Bonchev–Trinajstić information content (AvgIpc) is 3.20. The molecular weight excluding hydrogens is 389 g/mol. The van der Waals surface area contributed by atoms with Crippen molar-refractivity contribution in [1.82, 2.24) is 5.32 Å². The molecule has 0 fully saturated rings. The summed E-state index contributed by atoms with van der Waals surface area (Å²) in [5.41, 5.74) is -0.889. The lowest BCUT2D eigenvalue weighted by Gasteiger charge is -2.20. The number of nitrogens with zero attached hydrogens (tertiary/aromatic N) is 1. The number of halogens is 1. The number of ether oxygens (including phenoxy) is 1. The van der Waals surface area contributed by atoms with Crippen LogP contribution < -0.4 is 10.6 Å². The third-order valence-electron chi connectivity index (χ3n) is 3.73. The van der Waals surface area contributed by atoms with Crippen molar-refractivity contribution in [3.63, 3.8) is 0 Å². The molecule has 1 atom stereocenters. The predicted molar refractivity (Wildman–Crippen MR) is 97.4 cm³/mol. The molecule has 154 valence electrons. The summed E-state index contributed by atoms with van der Waals surface area (Å²) in [6, 6.07) is 4.49. The molecule has 0 aliphatic rings. The van der Waals surface area contributed by atoms with Gasteiger partial charge >= 0.3 is 5.97 Å². The van der Waals surface area contributed by atoms with E-state index in [4.69, 9.17) is 9.15 Å². The summed E-state index contributed by atoms with van der Waals surface area (Å²) in [7, 11) is 0. The number of anilines is 1. The SMILES string of the molecule is CC(C)[C@@H](NC(=O)c1ccco1)C(=O)OCC(=O)Nc1ccc(F)cc1[N+](=O)[O-]. The summed E-state index contributed by atoms with van der Waals surface area (Å²) in [6.45, 7) is 2.57. The fourth-order valence-electron chi connectivity index (χ4n) is 2.29. The quantitative estimate of drug-likeness (QED) is 0.388. The highest BCUT2D eigenvalue weighted by Crippen LogP contribution is 2.24. The van der Waals surface area contributed by atoms with Crippen LogP contribution in [0, 0.1) is 21.8 Å². The third-order valence-corrected chi connectivity index (χ3v) is 3.73. The van der Waals surface area contributed by atoms with Crippen molar-refractivity contribution >= 4 is 29.2 Å². The molecule has 29 heavy (non-hydrogen) atoms. The van der Waals surface area contributed by atoms with Crippen LogP contribution in [0.25, 0.3) is 0 Å². The van der Waals surface area contributed by atoms with Crippen molar-refractivity contribution in [2.24, 2.45) is 5.92 Å². The molecule has 0 radical (unpaired) electrons. The van der Waals surface area contributed by atoms with Gasteiger partial charge in [-0.25, -0.2) is 9.18 Å². The van der Waals surface area contributed by atoms with Gasteiger partial charge in [-0.2, -0.15) is 0 Å². The molecule has 11 heteroatoms. The first-order chi connectivity index (χ1) is 13.7. The van der Waals surface area contributed by atoms with E-state index < -0.39 is 46.9 Å². The summed E-state index contributed by atoms with van der Waals surface area (Å²) >= 11 is 0. The summed E-state index contributed by atoms with van der Waals surface area (Å²) in [5, 5.41) is 15.6. The van der Waals surface area contributed by atoms with Gasteiger partial charge in [-0.05, 0) is 30.2 Å². The minimum Gasteiger partial charge on any atom is -0.459 e. The molecule has 0 saturated carbocycles. The van der Waals surface area contributed by atoms with E-state index in [0.29, 0.717) is 6.07 Å². The molecule has 1 heterocycles. The van der Waals surface area contributed by atoms with Crippen LogP contribution in [-0.4, -0.2) is 35.4 Å². The van der Waals surface area contributed by atoms with Crippen LogP contribution in [0.4, 0.5) is 15.8 Å². The van der Waals surface area contributed by atoms with E-state index in [1.54, 1.807) is 13.8 Å². The van der Waals surface area contributed by atoms with Crippen LogP contribution in [0.3, 0.4) is 0 Å².